The predicted octanol–water partition coefficient (Wildman–Crippen LogP) is 3.28. The van der Waals surface area contributed by atoms with Crippen molar-refractivity contribution in [1.29, 1.82) is 0 Å². The topological polar surface area (TPSA) is 89.7 Å². The monoisotopic (exact) mass is 415 g/mol. The maximum absolute atomic E-state index is 12.7. The number of carbonyl (C=O) groups excluding carboxylic acids is 2. The Morgan fingerprint density at radius 2 is 1.84 bits per heavy atom. The number of esters is 1. The molecule has 4 rings (SSSR count). The number of likely N-dealkylation sites (N-methyl/N-ethyl adjacent to an activating group) is 1. The molecule has 0 spiro atoms. The van der Waals surface area contributed by atoms with Crippen LogP contribution in [0.2, 0.25) is 0 Å². The van der Waals surface area contributed by atoms with Crippen LogP contribution in [0, 0.1) is 0 Å². The molecule has 0 saturated heterocycles. The minimum Gasteiger partial charge on any atom is -0.449 e. The summed E-state index contributed by atoms with van der Waals surface area (Å²) in [5, 5.41) is 14.5. The molecule has 0 saturated carbocycles. The first kappa shape index (κ1) is 20.2. The van der Waals surface area contributed by atoms with E-state index in [4.69, 9.17) is 4.74 Å². The number of carbonyl (C=O) groups is 2. The highest BCUT2D eigenvalue weighted by Crippen LogP contribution is 2.18. The van der Waals surface area contributed by atoms with Crippen LogP contribution in [0.15, 0.2) is 66.9 Å². The Balaban J connectivity index is 1.47. The van der Waals surface area contributed by atoms with E-state index in [9.17, 15) is 9.59 Å². The summed E-state index contributed by atoms with van der Waals surface area (Å²) in [5.74, 6) is -0.560. The van der Waals surface area contributed by atoms with Gasteiger partial charge in [0, 0.05) is 29.1 Å². The Bertz CT molecular complexity index is 1270. The van der Waals surface area contributed by atoms with E-state index >= 15 is 0 Å². The van der Waals surface area contributed by atoms with E-state index in [1.54, 1.807) is 22.5 Å². The van der Waals surface area contributed by atoms with E-state index in [-0.39, 0.29) is 5.91 Å². The lowest BCUT2D eigenvalue weighted by atomic mass is 10.2. The van der Waals surface area contributed by atoms with Crippen molar-refractivity contribution >= 4 is 40.1 Å². The van der Waals surface area contributed by atoms with Crippen LogP contribution in [0.1, 0.15) is 19.7 Å². The van der Waals surface area contributed by atoms with E-state index in [1.807, 2.05) is 61.5 Å². The summed E-state index contributed by atoms with van der Waals surface area (Å²) in [6.07, 6.45) is 3.46. The van der Waals surface area contributed by atoms with Crippen molar-refractivity contribution in [3.8, 4) is 0 Å². The summed E-state index contributed by atoms with van der Waals surface area (Å²) in [4.78, 5) is 26.6. The molecule has 8 heteroatoms. The minimum absolute atomic E-state index is 0.295. The van der Waals surface area contributed by atoms with E-state index in [0.717, 1.165) is 16.5 Å². The van der Waals surface area contributed by atoms with E-state index < -0.39 is 12.1 Å². The number of ether oxygens (including phenoxy) is 1. The van der Waals surface area contributed by atoms with Gasteiger partial charge in [-0.05, 0) is 32.1 Å². The van der Waals surface area contributed by atoms with Gasteiger partial charge in [0.05, 0.1) is 6.20 Å². The van der Waals surface area contributed by atoms with Crippen LogP contribution in [0.25, 0.3) is 22.5 Å². The molecule has 8 nitrogen and oxygen atoms in total. The lowest BCUT2D eigenvalue weighted by Crippen LogP contribution is -2.39. The zero-order valence-corrected chi connectivity index (χ0v) is 17.2. The molecule has 0 aliphatic carbocycles. The van der Waals surface area contributed by atoms with Gasteiger partial charge in [-0.1, -0.05) is 42.5 Å². The molecular weight excluding hydrogens is 394 g/mol. The van der Waals surface area contributed by atoms with Crippen LogP contribution in [-0.4, -0.2) is 44.3 Å². The molecule has 2 aromatic heterocycles. The average Bonchev–Trinajstić information content (AvgIpc) is 3.22. The van der Waals surface area contributed by atoms with Crippen molar-refractivity contribution in [3.63, 3.8) is 0 Å². The third kappa shape index (κ3) is 4.13. The number of hydrogen-bond acceptors (Lipinski definition) is 6. The van der Waals surface area contributed by atoms with E-state index in [0.29, 0.717) is 18.0 Å². The van der Waals surface area contributed by atoms with Crippen LogP contribution in [0.4, 0.5) is 5.69 Å². The first-order chi connectivity index (χ1) is 15.1. The molecule has 0 aliphatic heterocycles. The molecule has 2 heterocycles. The van der Waals surface area contributed by atoms with Crippen molar-refractivity contribution in [2.45, 2.75) is 20.0 Å². The number of para-hydroxylation sites is 1. The van der Waals surface area contributed by atoms with Crippen LogP contribution in [0.3, 0.4) is 0 Å². The Kier molecular flexibility index (Phi) is 5.70. The number of anilines is 1. The number of rotatable bonds is 6. The summed E-state index contributed by atoms with van der Waals surface area (Å²) in [5.41, 5.74) is 1.35. The fourth-order valence-corrected chi connectivity index (χ4v) is 3.31. The second kappa shape index (κ2) is 8.74. The van der Waals surface area contributed by atoms with Crippen molar-refractivity contribution in [2.75, 3.05) is 11.4 Å². The molecule has 0 bridgehead atoms. The van der Waals surface area contributed by atoms with Gasteiger partial charge in [0.2, 0.25) is 0 Å². The standard InChI is InChI=1S/C23H21N5O3/c1-3-27(18-10-5-4-6-11-18)23(30)16(2)31-21(29)14-13-20-25-26-22-19-12-8-7-9-17(19)15-24-28(20)22/h4-16H,3H2,1-2H3/b14-13+/t16-/m1/s1. The smallest absolute Gasteiger partial charge is 0.331 e. The van der Waals surface area contributed by atoms with Gasteiger partial charge in [0.15, 0.2) is 17.6 Å². The molecule has 0 aliphatic rings. The molecule has 0 fully saturated rings. The first-order valence-electron chi connectivity index (χ1n) is 9.92. The molecule has 0 radical (unpaired) electrons. The maximum atomic E-state index is 12.7. The van der Waals surface area contributed by atoms with Crippen molar-refractivity contribution in [1.82, 2.24) is 19.8 Å². The molecule has 0 unspecified atom stereocenters. The molecule has 156 valence electrons. The highest BCUT2D eigenvalue weighted by molar-refractivity contribution is 5.98. The molecule has 0 N–H and O–H groups in total. The second-order valence-corrected chi connectivity index (χ2v) is 6.86. The summed E-state index contributed by atoms with van der Waals surface area (Å²) >= 11 is 0. The van der Waals surface area contributed by atoms with Crippen molar-refractivity contribution < 1.29 is 14.3 Å². The third-order valence-electron chi connectivity index (χ3n) is 4.84. The van der Waals surface area contributed by atoms with Gasteiger partial charge in [-0.15, -0.1) is 10.2 Å². The Hall–Kier alpha value is -4.07. The average molecular weight is 415 g/mol. The normalized spacial score (nSPS) is 12.3. The van der Waals surface area contributed by atoms with Gasteiger partial charge in [-0.2, -0.15) is 9.61 Å². The number of aromatic nitrogens is 4. The molecule has 1 atom stereocenters. The SMILES string of the molecule is CCN(C(=O)[C@@H](C)OC(=O)/C=C/c1nnc2c3ccccc3cnn12)c1ccccc1. The van der Waals surface area contributed by atoms with Gasteiger partial charge in [0.1, 0.15) is 0 Å². The molecule has 4 aromatic rings. The van der Waals surface area contributed by atoms with Crippen LogP contribution in [0.5, 0.6) is 0 Å². The highest BCUT2D eigenvalue weighted by Gasteiger charge is 2.23. The lowest BCUT2D eigenvalue weighted by Gasteiger charge is -2.24. The maximum Gasteiger partial charge on any atom is 0.331 e. The van der Waals surface area contributed by atoms with E-state index in [2.05, 4.69) is 15.3 Å². The molecule has 31 heavy (non-hydrogen) atoms. The van der Waals surface area contributed by atoms with Gasteiger partial charge in [-0.3, -0.25) is 4.79 Å². The number of hydrogen-bond donors (Lipinski definition) is 0. The number of benzene rings is 2. The van der Waals surface area contributed by atoms with Crippen LogP contribution in [-0.2, 0) is 14.3 Å². The largest absolute Gasteiger partial charge is 0.449 e. The number of nitrogens with zero attached hydrogens (tertiary/aromatic N) is 5. The van der Waals surface area contributed by atoms with Crippen LogP contribution < -0.4 is 4.90 Å². The summed E-state index contributed by atoms with van der Waals surface area (Å²) in [6.45, 7) is 3.89. The van der Waals surface area contributed by atoms with E-state index in [1.165, 1.54) is 12.2 Å². The predicted molar refractivity (Wildman–Crippen MR) is 117 cm³/mol. The van der Waals surface area contributed by atoms with Gasteiger partial charge in [-0.25, -0.2) is 4.79 Å². The second-order valence-electron chi connectivity index (χ2n) is 6.86. The van der Waals surface area contributed by atoms with Gasteiger partial charge in [0.25, 0.3) is 5.91 Å². The first-order valence-corrected chi connectivity index (χ1v) is 9.92. The highest BCUT2D eigenvalue weighted by atomic mass is 16.5. The Morgan fingerprint density at radius 1 is 1.10 bits per heavy atom. The number of fused-ring (bicyclic) bond motifs is 3. The summed E-state index contributed by atoms with van der Waals surface area (Å²) < 4.78 is 6.85. The molecular formula is C23H21N5O3. The molecule has 1 amide bonds. The lowest BCUT2D eigenvalue weighted by molar-refractivity contribution is -0.149. The zero-order valence-electron chi connectivity index (χ0n) is 17.2. The van der Waals surface area contributed by atoms with Crippen LogP contribution >= 0.6 is 0 Å². The van der Waals surface area contributed by atoms with Gasteiger partial charge >= 0.3 is 5.97 Å². The Morgan fingerprint density at radius 3 is 2.61 bits per heavy atom. The van der Waals surface area contributed by atoms with Gasteiger partial charge < -0.3 is 9.64 Å². The fourth-order valence-electron chi connectivity index (χ4n) is 3.31. The Labute approximate surface area is 178 Å². The quantitative estimate of drug-likeness (QED) is 0.355. The minimum atomic E-state index is -0.936. The summed E-state index contributed by atoms with van der Waals surface area (Å²) in [7, 11) is 0. The van der Waals surface area contributed by atoms with Crippen molar-refractivity contribution in [3.05, 3.63) is 72.7 Å². The zero-order chi connectivity index (χ0) is 21.8. The fraction of sp³-hybridized carbons (Fsp3) is 0.174. The summed E-state index contributed by atoms with van der Waals surface area (Å²) in [6, 6.07) is 17.0. The number of amides is 1. The van der Waals surface area contributed by atoms with Crippen molar-refractivity contribution in [2.24, 2.45) is 0 Å². The molecule has 2 aromatic carbocycles. The third-order valence-corrected chi connectivity index (χ3v) is 4.84.